The lowest BCUT2D eigenvalue weighted by Gasteiger charge is -2.30. The lowest BCUT2D eigenvalue weighted by molar-refractivity contribution is 0.794. The summed E-state index contributed by atoms with van der Waals surface area (Å²) in [5.41, 5.74) is 12.7. The number of nitriles is 1. The lowest BCUT2D eigenvalue weighted by atomic mass is 9.70. The van der Waals surface area contributed by atoms with Crippen LogP contribution in [0.4, 0.5) is 0 Å². The maximum Gasteiger partial charge on any atom is 0.101 e. The van der Waals surface area contributed by atoms with Gasteiger partial charge in [-0.25, -0.2) is 0 Å². The molecule has 0 radical (unpaired) electrons. The van der Waals surface area contributed by atoms with Gasteiger partial charge in [0.2, 0.25) is 0 Å². The Hall–Kier alpha value is -5.00. The molecule has 5 aromatic carbocycles. The predicted octanol–water partition coefficient (Wildman–Crippen LogP) is 8.12. The molecule has 2 heteroatoms. The molecule has 1 aromatic heterocycles. The van der Waals surface area contributed by atoms with E-state index in [0.717, 1.165) is 11.1 Å². The summed E-state index contributed by atoms with van der Waals surface area (Å²) in [5, 5.41) is 12.0. The third-order valence-corrected chi connectivity index (χ3v) is 8.18. The Morgan fingerprint density at radius 3 is 2.03 bits per heavy atom. The number of aromatic nitrogens is 1. The van der Waals surface area contributed by atoms with Crippen molar-refractivity contribution in [2.24, 2.45) is 0 Å². The largest absolute Gasteiger partial charge is 0.263 e. The molecule has 37 heavy (non-hydrogen) atoms. The van der Waals surface area contributed by atoms with E-state index in [4.69, 9.17) is 0 Å². The Bertz CT molecular complexity index is 1910. The first-order chi connectivity index (χ1) is 18.3. The summed E-state index contributed by atoms with van der Waals surface area (Å²) in [6.45, 7) is 0. The summed E-state index contributed by atoms with van der Waals surface area (Å²) in [7, 11) is 0. The van der Waals surface area contributed by atoms with Crippen LogP contribution in [0.1, 0.15) is 27.8 Å². The van der Waals surface area contributed by atoms with Gasteiger partial charge in [0.05, 0.1) is 11.0 Å². The van der Waals surface area contributed by atoms with Crippen molar-refractivity contribution in [3.05, 3.63) is 149 Å². The fourth-order valence-electron chi connectivity index (χ4n) is 6.75. The van der Waals surface area contributed by atoms with E-state index in [1.54, 1.807) is 6.20 Å². The minimum Gasteiger partial charge on any atom is -0.263 e. The van der Waals surface area contributed by atoms with Crippen molar-refractivity contribution in [2.45, 2.75) is 5.41 Å². The number of pyridine rings is 1. The van der Waals surface area contributed by atoms with Crippen LogP contribution in [0.15, 0.2) is 122 Å². The topological polar surface area (TPSA) is 36.7 Å². The van der Waals surface area contributed by atoms with E-state index in [2.05, 4.69) is 114 Å². The Kier molecular flexibility index (Phi) is 3.97. The Morgan fingerprint density at radius 1 is 0.568 bits per heavy atom. The molecule has 0 saturated heterocycles. The third kappa shape index (κ3) is 2.51. The fourth-order valence-corrected chi connectivity index (χ4v) is 6.75. The molecule has 170 valence electrons. The highest BCUT2D eigenvalue weighted by molar-refractivity contribution is 6.06. The molecule has 0 unspecified atom stereocenters. The molecule has 0 aliphatic heterocycles. The van der Waals surface area contributed by atoms with Gasteiger partial charge in [-0.15, -0.1) is 0 Å². The number of hydrogen-bond donors (Lipinski definition) is 0. The molecule has 2 aliphatic carbocycles. The minimum atomic E-state index is -0.368. The van der Waals surface area contributed by atoms with Crippen LogP contribution >= 0.6 is 0 Å². The lowest BCUT2D eigenvalue weighted by Crippen LogP contribution is -2.25. The molecule has 0 fully saturated rings. The van der Waals surface area contributed by atoms with E-state index < -0.39 is 0 Å². The summed E-state index contributed by atoms with van der Waals surface area (Å²) in [5.74, 6) is 0. The first-order valence-electron chi connectivity index (χ1n) is 12.5. The molecule has 2 nitrogen and oxygen atoms in total. The second kappa shape index (κ2) is 7.26. The van der Waals surface area contributed by atoms with Crippen LogP contribution in [0.2, 0.25) is 0 Å². The zero-order valence-corrected chi connectivity index (χ0v) is 19.9. The minimum absolute atomic E-state index is 0.368. The molecular weight excluding hydrogens is 448 g/mol. The number of rotatable bonds is 1. The van der Waals surface area contributed by atoms with Gasteiger partial charge < -0.3 is 0 Å². The molecule has 1 heterocycles. The number of hydrogen-bond acceptors (Lipinski definition) is 2. The van der Waals surface area contributed by atoms with Crippen LogP contribution in [0, 0.1) is 11.3 Å². The van der Waals surface area contributed by atoms with E-state index in [9.17, 15) is 5.26 Å². The van der Waals surface area contributed by atoms with Gasteiger partial charge in [0.1, 0.15) is 6.07 Å². The Labute approximate surface area is 215 Å². The van der Waals surface area contributed by atoms with Gasteiger partial charge in [-0.1, -0.05) is 97.1 Å². The van der Waals surface area contributed by atoms with E-state index >= 15 is 0 Å². The third-order valence-electron chi connectivity index (χ3n) is 8.18. The van der Waals surface area contributed by atoms with Gasteiger partial charge in [-0.05, 0) is 73.0 Å². The number of nitrogens with zero attached hydrogens (tertiary/aromatic N) is 2. The van der Waals surface area contributed by atoms with Gasteiger partial charge in [0.25, 0.3) is 0 Å². The number of fused-ring (bicyclic) bond motifs is 12. The average molecular weight is 469 g/mol. The van der Waals surface area contributed by atoms with Gasteiger partial charge >= 0.3 is 0 Å². The van der Waals surface area contributed by atoms with E-state index in [0.29, 0.717) is 5.56 Å². The second-order valence-corrected chi connectivity index (χ2v) is 9.88. The van der Waals surface area contributed by atoms with Crippen LogP contribution in [0.3, 0.4) is 0 Å². The maximum absolute atomic E-state index is 9.45. The fraction of sp³-hybridized carbons (Fsp3) is 0.0286. The highest BCUT2D eigenvalue weighted by Gasteiger charge is 2.51. The highest BCUT2D eigenvalue weighted by atomic mass is 14.6. The zero-order valence-electron chi connectivity index (χ0n) is 19.9. The molecular formula is C35H20N2. The first-order valence-corrected chi connectivity index (χ1v) is 12.5. The summed E-state index contributed by atoms with van der Waals surface area (Å²) < 4.78 is 0. The standard InChI is InChI=1S/C35H20N2/c36-19-22-17-25(21-37-20-22)24-14-15-32-29(18-24)34-26-8-2-1-7-23(26)13-16-33(34)35(32)30-11-5-3-9-27(30)28-10-4-6-12-31(28)35/h1-18,20-21H. The van der Waals surface area contributed by atoms with Crippen molar-refractivity contribution in [1.82, 2.24) is 4.98 Å². The van der Waals surface area contributed by atoms with Crippen molar-refractivity contribution in [3.8, 4) is 39.4 Å². The smallest absolute Gasteiger partial charge is 0.101 e. The molecule has 0 amide bonds. The van der Waals surface area contributed by atoms with Crippen LogP contribution in [-0.4, -0.2) is 4.98 Å². The van der Waals surface area contributed by atoms with E-state index in [1.165, 1.54) is 55.3 Å². The van der Waals surface area contributed by atoms with Crippen LogP contribution in [0.25, 0.3) is 44.2 Å². The van der Waals surface area contributed by atoms with Gasteiger partial charge in [-0.2, -0.15) is 5.26 Å². The summed E-state index contributed by atoms with van der Waals surface area (Å²) in [6, 6.07) is 42.0. The maximum atomic E-state index is 9.45. The van der Waals surface area contributed by atoms with Crippen molar-refractivity contribution < 1.29 is 0 Å². The highest BCUT2D eigenvalue weighted by Crippen LogP contribution is 2.63. The molecule has 8 rings (SSSR count). The van der Waals surface area contributed by atoms with Gasteiger partial charge in [-0.3, -0.25) is 4.98 Å². The van der Waals surface area contributed by atoms with Crippen molar-refractivity contribution in [2.75, 3.05) is 0 Å². The normalized spacial score (nSPS) is 13.6. The van der Waals surface area contributed by atoms with Gasteiger partial charge in [0, 0.05) is 18.0 Å². The molecule has 0 saturated carbocycles. The molecule has 0 atom stereocenters. The van der Waals surface area contributed by atoms with E-state index in [1.807, 2.05) is 12.3 Å². The van der Waals surface area contributed by atoms with Crippen LogP contribution in [0.5, 0.6) is 0 Å². The Morgan fingerprint density at radius 2 is 1.24 bits per heavy atom. The zero-order chi connectivity index (χ0) is 24.6. The predicted molar refractivity (Wildman–Crippen MR) is 148 cm³/mol. The number of benzene rings is 5. The molecule has 0 N–H and O–H groups in total. The van der Waals surface area contributed by atoms with Crippen LogP contribution < -0.4 is 0 Å². The molecule has 6 aromatic rings. The van der Waals surface area contributed by atoms with Crippen molar-refractivity contribution in [1.29, 1.82) is 5.26 Å². The van der Waals surface area contributed by atoms with Crippen molar-refractivity contribution >= 4 is 10.8 Å². The van der Waals surface area contributed by atoms with E-state index in [-0.39, 0.29) is 5.41 Å². The van der Waals surface area contributed by atoms with Crippen molar-refractivity contribution in [3.63, 3.8) is 0 Å². The van der Waals surface area contributed by atoms with Gasteiger partial charge in [0.15, 0.2) is 0 Å². The summed E-state index contributed by atoms with van der Waals surface area (Å²) in [6.07, 6.45) is 3.46. The average Bonchev–Trinajstić information content (AvgIpc) is 3.44. The SMILES string of the molecule is N#Cc1cncc(-c2ccc3c(c2)-c2c(ccc4ccccc24)C32c3ccccc3-c3ccccc32)c1. The Balaban J connectivity index is 1.53. The first kappa shape index (κ1) is 20.2. The second-order valence-electron chi connectivity index (χ2n) is 9.88. The summed E-state index contributed by atoms with van der Waals surface area (Å²) >= 11 is 0. The molecule has 1 spiro atoms. The molecule has 0 bridgehead atoms. The van der Waals surface area contributed by atoms with Crippen LogP contribution in [-0.2, 0) is 5.41 Å². The molecule has 2 aliphatic rings. The quantitative estimate of drug-likeness (QED) is 0.244. The summed E-state index contributed by atoms with van der Waals surface area (Å²) in [4.78, 5) is 4.33. The monoisotopic (exact) mass is 468 g/mol.